The van der Waals surface area contributed by atoms with E-state index in [9.17, 15) is 4.79 Å². The maximum Gasteiger partial charge on any atom is 0.158 e. The van der Waals surface area contributed by atoms with Gasteiger partial charge in [-0.1, -0.05) is 6.08 Å². The van der Waals surface area contributed by atoms with Crippen molar-refractivity contribution in [3.63, 3.8) is 0 Å². The molecule has 1 atom stereocenters. The topological polar surface area (TPSA) is 26.3 Å². The third kappa shape index (κ3) is 0.954. The van der Waals surface area contributed by atoms with Gasteiger partial charge in [0.15, 0.2) is 5.78 Å². The molecule has 1 rings (SSSR count). The van der Waals surface area contributed by atoms with Crippen molar-refractivity contribution in [2.45, 2.75) is 12.5 Å². The van der Waals surface area contributed by atoms with Crippen LogP contribution in [0.2, 0.25) is 0 Å². The smallest absolute Gasteiger partial charge is 0.158 e. The second-order valence-electron chi connectivity index (χ2n) is 1.80. The quantitative estimate of drug-likeness (QED) is 0.494. The number of ether oxygens (including phenoxy) is 1. The number of allylic oxidation sites excluding steroid dienone is 1. The number of carbonyl (C=O) groups is 1. The van der Waals surface area contributed by atoms with E-state index >= 15 is 0 Å². The predicted molar refractivity (Wildman–Crippen MR) is 29.6 cm³/mol. The summed E-state index contributed by atoms with van der Waals surface area (Å²) in [5.74, 6) is 0.164. The van der Waals surface area contributed by atoms with E-state index in [0.29, 0.717) is 6.42 Å². The van der Waals surface area contributed by atoms with E-state index in [0.717, 1.165) is 0 Å². The molecule has 0 saturated heterocycles. The molecule has 0 amide bonds. The maximum absolute atomic E-state index is 10.4. The number of rotatable bonds is 1. The van der Waals surface area contributed by atoms with Gasteiger partial charge in [0.05, 0.1) is 6.10 Å². The van der Waals surface area contributed by atoms with Gasteiger partial charge in [-0.25, -0.2) is 0 Å². The average Bonchev–Trinajstić information content (AvgIpc) is 2.14. The summed E-state index contributed by atoms with van der Waals surface area (Å²) in [6, 6.07) is 0. The molecule has 0 spiro atoms. The van der Waals surface area contributed by atoms with Gasteiger partial charge in [-0.2, -0.15) is 0 Å². The molecule has 0 aromatic carbocycles. The molecule has 0 aromatic heterocycles. The lowest BCUT2D eigenvalue weighted by atomic mass is 10.3. The second kappa shape index (κ2) is 2.09. The van der Waals surface area contributed by atoms with Crippen LogP contribution >= 0.6 is 0 Å². The van der Waals surface area contributed by atoms with Crippen LogP contribution in [0.5, 0.6) is 0 Å². The number of ketones is 1. The lowest BCUT2D eigenvalue weighted by Gasteiger charge is -1.99. The molecule has 2 nitrogen and oxygen atoms in total. The normalized spacial score (nSPS) is 27.1. The van der Waals surface area contributed by atoms with Gasteiger partial charge in [-0.3, -0.25) is 4.79 Å². The summed E-state index contributed by atoms with van der Waals surface area (Å²) < 4.78 is 4.87. The minimum Gasteiger partial charge on any atom is -0.377 e. The summed E-state index contributed by atoms with van der Waals surface area (Å²) in [7, 11) is 1.60. The van der Waals surface area contributed by atoms with Crippen LogP contribution in [0, 0.1) is 0 Å². The standard InChI is InChI=1S/C6H8O2/c1-8-6-3-2-5(7)4-6/h2-3,6H,4H2,1H3/t6-/m1/s1. The Kier molecular flexibility index (Phi) is 1.44. The van der Waals surface area contributed by atoms with E-state index in [1.54, 1.807) is 19.3 Å². The van der Waals surface area contributed by atoms with Crippen LogP contribution in [0.3, 0.4) is 0 Å². The SMILES string of the molecule is CO[C@@H]1C=CC(=O)C1. The van der Waals surface area contributed by atoms with Crippen molar-refractivity contribution in [2.24, 2.45) is 0 Å². The van der Waals surface area contributed by atoms with Crippen molar-refractivity contribution in [1.82, 2.24) is 0 Å². The second-order valence-corrected chi connectivity index (χ2v) is 1.80. The highest BCUT2D eigenvalue weighted by Gasteiger charge is 2.13. The highest BCUT2D eigenvalue weighted by Crippen LogP contribution is 2.07. The van der Waals surface area contributed by atoms with E-state index in [2.05, 4.69) is 0 Å². The summed E-state index contributed by atoms with van der Waals surface area (Å²) in [4.78, 5) is 10.4. The fourth-order valence-electron chi connectivity index (χ4n) is 0.711. The monoisotopic (exact) mass is 112 g/mol. The van der Waals surface area contributed by atoms with E-state index in [1.165, 1.54) is 0 Å². The minimum atomic E-state index is 0.0440. The Balaban J connectivity index is 2.46. The molecule has 0 saturated carbocycles. The van der Waals surface area contributed by atoms with Gasteiger partial charge in [0.25, 0.3) is 0 Å². The summed E-state index contributed by atoms with van der Waals surface area (Å²) in [5, 5.41) is 0. The Morgan fingerprint density at radius 2 is 2.62 bits per heavy atom. The zero-order chi connectivity index (χ0) is 5.98. The molecule has 0 fully saturated rings. The first-order chi connectivity index (χ1) is 3.83. The minimum absolute atomic E-state index is 0.0440. The van der Waals surface area contributed by atoms with Gasteiger partial charge in [0.1, 0.15) is 0 Å². The third-order valence-corrected chi connectivity index (χ3v) is 1.20. The van der Waals surface area contributed by atoms with Gasteiger partial charge < -0.3 is 4.74 Å². The molecule has 1 aliphatic rings. The van der Waals surface area contributed by atoms with E-state index < -0.39 is 0 Å². The fourth-order valence-corrected chi connectivity index (χ4v) is 0.711. The predicted octanol–water partition coefficient (Wildman–Crippen LogP) is 0.530. The molecular formula is C6H8O2. The van der Waals surface area contributed by atoms with Crippen molar-refractivity contribution >= 4 is 5.78 Å². The molecule has 0 bridgehead atoms. The molecule has 0 unspecified atom stereocenters. The van der Waals surface area contributed by atoms with Gasteiger partial charge in [-0.05, 0) is 6.08 Å². The molecule has 0 aromatic rings. The van der Waals surface area contributed by atoms with Crippen LogP contribution < -0.4 is 0 Å². The third-order valence-electron chi connectivity index (χ3n) is 1.20. The van der Waals surface area contributed by atoms with E-state index in [-0.39, 0.29) is 11.9 Å². The molecule has 44 valence electrons. The summed E-state index contributed by atoms with van der Waals surface area (Å²) in [6.45, 7) is 0. The van der Waals surface area contributed by atoms with Crippen LogP contribution in [0.15, 0.2) is 12.2 Å². The van der Waals surface area contributed by atoms with Crippen molar-refractivity contribution in [1.29, 1.82) is 0 Å². The Hall–Kier alpha value is -0.630. The number of methoxy groups -OCH3 is 1. The molecular weight excluding hydrogens is 104 g/mol. The van der Waals surface area contributed by atoms with Gasteiger partial charge >= 0.3 is 0 Å². The molecule has 0 radical (unpaired) electrons. The summed E-state index contributed by atoms with van der Waals surface area (Å²) in [5.41, 5.74) is 0. The Morgan fingerprint density at radius 1 is 1.88 bits per heavy atom. The number of hydrogen-bond donors (Lipinski definition) is 0. The highest BCUT2D eigenvalue weighted by atomic mass is 16.5. The van der Waals surface area contributed by atoms with Gasteiger partial charge in [-0.15, -0.1) is 0 Å². The Morgan fingerprint density at radius 3 is 2.88 bits per heavy atom. The molecule has 1 aliphatic carbocycles. The van der Waals surface area contributed by atoms with E-state index in [1.807, 2.05) is 0 Å². The Bertz CT molecular complexity index is 126. The number of hydrogen-bond acceptors (Lipinski definition) is 2. The van der Waals surface area contributed by atoms with Crippen LogP contribution in [0.25, 0.3) is 0 Å². The molecule has 8 heavy (non-hydrogen) atoms. The van der Waals surface area contributed by atoms with Crippen molar-refractivity contribution in [3.8, 4) is 0 Å². The first-order valence-electron chi connectivity index (χ1n) is 2.57. The highest BCUT2D eigenvalue weighted by molar-refractivity contribution is 5.92. The van der Waals surface area contributed by atoms with Crippen molar-refractivity contribution < 1.29 is 9.53 Å². The zero-order valence-corrected chi connectivity index (χ0v) is 4.76. The molecule has 0 aliphatic heterocycles. The fraction of sp³-hybridized carbons (Fsp3) is 0.500. The van der Waals surface area contributed by atoms with E-state index in [4.69, 9.17) is 4.74 Å². The Labute approximate surface area is 48.1 Å². The maximum atomic E-state index is 10.4. The van der Waals surface area contributed by atoms with Crippen LogP contribution in [0.4, 0.5) is 0 Å². The lowest BCUT2D eigenvalue weighted by Crippen LogP contribution is -2.04. The number of carbonyl (C=O) groups excluding carboxylic acids is 1. The van der Waals surface area contributed by atoms with Crippen LogP contribution in [-0.4, -0.2) is 19.0 Å². The first kappa shape index (κ1) is 5.51. The summed E-state index contributed by atoms with van der Waals surface area (Å²) in [6.07, 6.45) is 3.91. The van der Waals surface area contributed by atoms with Crippen LogP contribution in [-0.2, 0) is 9.53 Å². The van der Waals surface area contributed by atoms with Crippen molar-refractivity contribution in [2.75, 3.05) is 7.11 Å². The van der Waals surface area contributed by atoms with Crippen molar-refractivity contribution in [3.05, 3.63) is 12.2 Å². The first-order valence-corrected chi connectivity index (χ1v) is 2.57. The van der Waals surface area contributed by atoms with Gasteiger partial charge in [0.2, 0.25) is 0 Å². The molecule has 2 heteroatoms. The lowest BCUT2D eigenvalue weighted by molar-refractivity contribution is -0.115. The summed E-state index contributed by atoms with van der Waals surface area (Å²) >= 11 is 0. The zero-order valence-electron chi connectivity index (χ0n) is 4.76. The molecule has 0 heterocycles. The average molecular weight is 112 g/mol. The molecule has 0 N–H and O–H groups in total. The van der Waals surface area contributed by atoms with Crippen LogP contribution in [0.1, 0.15) is 6.42 Å². The van der Waals surface area contributed by atoms with Gasteiger partial charge in [0, 0.05) is 13.5 Å². The largest absolute Gasteiger partial charge is 0.377 e.